The Balaban J connectivity index is 2.61. The van der Waals surface area contributed by atoms with Gasteiger partial charge in [0.2, 0.25) is 16.0 Å². The summed E-state index contributed by atoms with van der Waals surface area (Å²) in [7, 11) is -3.47. The summed E-state index contributed by atoms with van der Waals surface area (Å²) in [5.74, 6) is -0.258. The van der Waals surface area contributed by atoms with Crippen LogP contribution in [-0.4, -0.2) is 24.1 Å². The summed E-state index contributed by atoms with van der Waals surface area (Å²) < 4.78 is 39.1. The fourth-order valence-corrected chi connectivity index (χ4v) is 2.76. The summed E-state index contributed by atoms with van der Waals surface area (Å²) in [5.41, 5.74) is 2.92. The van der Waals surface area contributed by atoms with Gasteiger partial charge >= 0.3 is 0 Å². The van der Waals surface area contributed by atoms with E-state index in [1.54, 1.807) is 19.1 Å². The Hall–Kier alpha value is -2.02. The SMILES string of the molecule is CCS(=O)(=O)Nc1nc(-c2ccc(F)cc2)c(C)c(C(C)C)n1. The van der Waals surface area contributed by atoms with Gasteiger partial charge in [0, 0.05) is 5.56 Å². The van der Waals surface area contributed by atoms with Crippen molar-refractivity contribution in [3.8, 4) is 11.3 Å². The van der Waals surface area contributed by atoms with Crippen LogP contribution in [0.15, 0.2) is 24.3 Å². The molecule has 1 aromatic heterocycles. The van der Waals surface area contributed by atoms with Crippen LogP contribution in [0.2, 0.25) is 0 Å². The lowest BCUT2D eigenvalue weighted by molar-refractivity contribution is 0.602. The van der Waals surface area contributed by atoms with E-state index in [1.165, 1.54) is 12.1 Å². The van der Waals surface area contributed by atoms with Crippen molar-refractivity contribution in [1.29, 1.82) is 0 Å². The Morgan fingerprint density at radius 3 is 2.30 bits per heavy atom. The highest BCUT2D eigenvalue weighted by molar-refractivity contribution is 7.92. The van der Waals surface area contributed by atoms with Crippen molar-refractivity contribution in [1.82, 2.24) is 9.97 Å². The molecular weight excluding hydrogens is 317 g/mol. The first kappa shape index (κ1) is 17.3. The number of rotatable bonds is 5. The van der Waals surface area contributed by atoms with Crippen molar-refractivity contribution >= 4 is 16.0 Å². The summed E-state index contributed by atoms with van der Waals surface area (Å²) in [4.78, 5) is 8.66. The lowest BCUT2D eigenvalue weighted by atomic mass is 10.00. The highest BCUT2D eigenvalue weighted by Gasteiger charge is 2.17. The molecule has 0 aliphatic rings. The van der Waals surface area contributed by atoms with Crippen molar-refractivity contribution in [2.45, 2.75) is 33.6 Å². The van der Waals surface area contributed by atoms with Crippen LogP contribution in [0.25, 0.3) is 11.3 Å². The van der Waals surface area contributed by atoms with E-state index in [4.69, 9.17) is 0 Å². The van der Waals surface area contributed by atoms with E-state index in [0.29, 0.717) is 11.3 Å². The smallest absolute Gasteiger partial charge is 0.237 e. The molecule has 2 aromatic rings. The Bertz CT molecular complexity index is 803. The minimum Gasteiger partial charge on any atom is -0.251 e. The van der Waals surface area contributed by atoms with E-state index in [-0.39, 0.29) is 23.4 Å². The molecule has 7 heteroatoms. The third-order valence-corrected chi connectivity index (χ3v) is 4.73. The van der Waals surface area contributed by atoms with Gasteiger partial charge in [0.15, 0.2) is 0 Å². The minimum atomic E-state index is -3.47. The maximum absolute atomic E-state index is 13.1. The molecule has 23 heavy (non-hydrogen) atoms. The van der Waals surface area contributed by atoms with Crippen molar-refractivity contribution in [3.05, 3.63) is 41.3 Å². The Kier molecular flexibility index (Phi) is 4.99. The highest BCUT2D eigenvalue weighted by atomic mass is 32.2. The number of anilines is 1. The molecule has 0 spiro atoms. The summed E-state index contributed by atoms with van der Waals surface area (Å²) in [5, 5.41) is 0. The minimum absolute atomic E-state index is 0.0421. The summed E-state index contributed by atoms with van der Waals surface area (Å²) in [6.45, 7) is 7.37. The van der Waals surface area contributed by atoms with Gasteiger partial charge in [0.25, 0.3) is 0 Å². The molecule has 1 aromatic carbocycles. The van der Waals surface area contributed by atoms with Gasteiger partial charge in [-0.25, -0.2) is 22.8 Å². The number of hydrogen-bond donors (Lipinski definition) is 1. The number of nitrogens with zero attached hydrogens (tertiary/aromatic N) is 2. The number of sulfonamides is 1. The maximum Gasteiger partial charge on any atom is 0.237 e. The first-order valence-electron chi connectivity index (χ1n) is 7.38. The van der Waals surface area contributed by atoms with Crippen molar-refractivity contribution in [2.75, 3.05) is 10.5 Å². The number of benzene rings is 1. The molecule has 0 aliphatic heterocycles. The van der Waals surface area contributed by atoms with Crippen LogP contribution >= 0.6 is 0 Å². The summed E-state index contributed by atoms with van der Waals surface area (Å²) in [6.07, 6.45) is 0. The number of nitrogens with one attached hydrogen (secondary N) is 1. The van der Waals surface area contributed by atoms with Crippen LogP contribution in [0, 0.1) is 12.7 Å². The van der Waals surface area contributed by atoms with Crippen LogP contribution in [0.4, 0.5) is 10.3 Å². The van der Waals surface area contributed by atoms with Crippen molar-refractivity contribution < 1.29 is 12.8 Å². The van der Waals surface area contributed by atoms with Gasteiger partial charge in [-0.15, -0.1) is 0 Å². The van der Waals surface area contributed by atoms with Crippen LogP contribution < -0.4 is 4.72 Å². The molecule has 0 bridgehead atoms. The molecule has 0 unspecified atom stereocenters. The van der Waals surface area contributed by atoms with Gasteiger partial charge < -0.3 is 0 Å². The second-order valence-corrected chi connectivity index (χ2v) is 7.58. The van der Waals surface area contributed by atoms with Crippen LogP contribution in [0.5, 0.6) is 0 Å². The lowest BCUT2D eigenvalue weighted by Gasteiger charge is -2.15. The largest absolute Gasteiger partial charge is 0.251 e. The molecular formula is C16H20FN3O2S. The molecule has 0 atom stereocenters. The zero-order valence-corrected chi connectivity index (χ0v) is 14.4. The lowest BCUT2D eigenvalue weighted by Crippen LogP contribution is -2.18. The molecule has 1 heterocycles. The van der Waals surface area contributed by atoms with Crippen molar-refractivity contribution in [3.63, 3.8) is 0 Å². The predicted molar refractivity (Wildman–Crippen MR) is 89.3 cm³/mol. The standard InChI is InChI=1S/C16H20FN3O2S/c1-5-23(21,22)20-16-18-14(10(2)3)11(4)15(19-16)12-6-8-13(17)9-7-12/h6-10H,5H2,1-4H3,(H,18,19,20). The Labute approximate surface area is 136 Å². The first-order chi connectivity index (χ1) is 10.7. The molecule has 0 radical (unpaired) electrons. The zero-order valence-electron chi connectivity index (χ0n) is 13.6. The van der Waals surface area contributed by atoms with E-state index >= 15 is 0 Å². The maximum atomic E-state index is 13.1. The van der Waals surface area contributed by atoms with Crippen LogP contribution in [-0.2, 0) is 10.0 Å². The second-order valence-electron chi connectivity index (χ2n) is 5.57. The number of halogens is 1. The highest BCUT2D eigenvalue weighted by Crippen LogP contribution is 2.28. The quantitative estimate of drug-likeness (QED) is 0.907. The molecule has 0 amide bonds. The second kappa shape index (κ2) is 6.62. The van der Waals surface area contributed by atoms with E-state index in [1.807, 2.05) is 20.8 Å². The van der Waals surface area contributed by atoms with Gasteiger partial charge in [-0.3, -0.25) is 4.72 Å². The van der Waals surface area contributed by atoms with Crippen LogP contribution in [0.1, 0.15) is 37.9 Å². The molecule has 5 nitrogen and oxygen atoms in total. The summed E-state index contributed by atoms with van der Waals surface area (Å²) in [6, 6.07) is 5.93. The van der Waals surface area contributed by atoms with E-state index in [2.05, 4.69) is 14.7 Å². The number of aromatic nitrogens is 2. The van der Waals surface area contributed by atoms with Gasteiger partial charge in [0.1, 0.15) is 5.82 Å². The van der Waals surface area contributed by atoms with E-state index < -0.39 is 10.0 Å². The van der Waals surface area contributed by atoms with Gasteiger partial charge in [0.05, 0.1) is 17.1 Å². The first-order valence-corrected chi connectivity index (χ1v) is 9.03. The fraction of sp³-hybridized carbons (Fsp3) is 0.375. The predicted octanol–water partition coefficient (Wildman–Crippen LogP) is 3.48. The number of hydrogen-bond acceptors (Lipinski definition) is 4. The monoisotopic (exact) mass is 337 g/mol. The van der Waals surface area contributed by atoms with Gasteiger partial charge in [-0.1, -0.05) is 13.8 Å². The molecule has 0 aliphatic carbocycles. The molecule has 2 rings (SSSR count). The third kappa shape index (κ3) is 4.04. The van der Waals surface area contributed by atoms with Crippen molar-refractivity contribution in [2.24, 2.45) is 0 Å². The fourth-order valence-electron chi connectivity index (χ4n) is 2.24. The average molecular weight is 337 g/mol. The molecule has 0 saturated carbocycles. The van der Waals surface area contributed by atoms with Gasteiger partial charge in [-0.05, 0) is 49.6 Å². The average Bonchev–Trinajstić information content (AvgIpc) is 2.49. The molecule has 1 N–H and O–H groups in total. The third-order valence-electron chi connectivity index (χ3n) is 3.47. The van der Waals surface area contributed by atoms with Crippen LogP contribution in [0.3, 0.4) is 0 Å². The van der Waals surface area contributed by atoms with E-state index in [9.17, 15) is 12.8 Å². The zero-order chi connectivity index (χ0) is 17.2. The molecule has 124 valence electrons. The topological polar surface area (TPSA) is 72.0 Å². The Morgan fingerprint density at radius 2 is 1.78 bits per heavy atom. The summed E-state index contributed by atoms with van der Waals surface area (Å²) >= 11 is 0. The van der Waals surface area contributed by atoms with E-state index in [0.717, 1.165) is 11.3 Å². The normalized spacial score (nSPS) is 11.7. The van der Waals surface area contributed by atoms with Gasteiger partial charge in [-0.2, -0.15) is 0 Å². The molecule has 0 saturated heterocycles. The molecule has 0 fully saturated rings. The Morgan fingerprint density at radius 1 is 1.17 bits per heavy atom.